The highest BCUT2D eigenvalue weighted by molar-refractivity contribution is 5.72. The van der Waals surface area contributed by atoms with E-state index in [0.717, 1.165) is 32.0 Å². The summed E-state index contributed by atoms with van der Waals surface area (Å²) in [7, 11) is 0. The maximum atomic E-state index is 11.4. The standard InChI is InChI=1S/C11H18O3/c1-2-14-11(13)10-5-3-4-9(8-10)6-7-12/h7,9-10H,2-6,8H2,1H3. The minimum atomic E-state index is -0.0805. The number of carbonyl (C=O) groups is 2. The molecule has 14 heavy (non-hydrogen) atoms. The second-order valence-electron chi connectivity index (χ2n) is 3.88. The van der Waals surface area contributed by atoms with E-state index in [9.17, 15) is 9.59 Å². The van der Waals surface area contributed by atoms with Gasteiger partial charge in [0.25, 0.3) is 0 Å². The fourth-order valence-electron chi connectivity index (χ4n) is 2.12. The molecule has 3 heteroatoms. The summed E-state index contributed by atoms with van der Waals surface area (Å²) in [5.41, 5.74) is 0. The Morgan fingerprint density at radius 2 is 2.29 bits per heavy atom. The molecule has 0 bridgehead atoms. The molecular formula is C11H18O3. The van der Waals surface area contributed by atoms with Crippen LogP contribution in [0.25, 0.3) is 0 Å². The van der Waals surface area contributed by atoms with Crippen molar-refractivity contribution >= 4 is 12.3 Å². The molecule has 0 spiro atoms. The molecule has 0 amide bonds. The Hall–Kier alpha value is -0.860. The number of hydrogen-bond acceptors (Lipinski definition) is 3. The molecule has 0 N–H and O–H groups in total. The quantitative estimate of drug-likeness (QED) is 0.512. The van der Waals surface area contributed by atoms with E-state index >= 15 is 0 Å². The first-order valence-electron chi connectivity index (χ1n) is 5.38. The first kappa shape index (κ1) is 11.2. The summed E-state index contributed by atoms with van der Waals surface area (Å²) >= 11 is 0. The van der Waals surface area contributed by atoms with Crippen LogP contribution in [0.5, 0.6) is 0 Å². The molecule has 0 heterocycles. The molecule has 80 valence electrons. The number of carbonyl (C=O) groups excluding carboxylic acids is 2. The Kier molecular flexibility index (Phi) is 4.63. The van der Waals surface area contributed by atoms with Crippen LogP contribution >= 0.6 is 0 Å². The molecule has 0 aliphatic heterocycles. The molecule has 2 atom stereocenters. The smallest absolute Gasteiger partial charge is 0.308 e. The summed E-state index contributed by atoms with van der Waals surface area (Å²) in [5, 5.41) is 0. The Balaban J connectivity index is 2.38. The Labute approximate surface area is 84.8 Å². The highest BCUT2D eigenvalue weighted by atomic mass is 16.5. The predicted molar refractivity (Wildman–Crippen MR) is 52.8 cm³/mol. The van der Waals surface area contributed by atoms with Crippen LogP contribution < -0.4 is 0 Å². The topological polar surface area (TPSA) is 43.4 Å². The van der Waals surface area contributed by atoms with Gasteiger partial charge in [0.15, 0.2) is 0 Å². The maximum absolute atomic E-state index is 11.4. The minimum Gasteiger partial charge on any atom is -0.466 e. The van der Waals surface area contributed by atoms with E-state index in [1.807, 2.05) is 6.92 Å². The van der Waals surface area contributed by atoms with Crippen LogP contribution in [0.15, 0.2) is 0 Å². The molecule has 3 nitrogen and oxygen atoms in total. The lowest BCUT2D eigenvalue weighted by Crippen LogP contribution is -2.24. The molecule has 0 saturated heterocycles. The third-order valence-electron chi connectivity index (χ3n) is 2.83. The summed E-state index contributed by atoms with van der Waals surface area (Å²) in [6.45, 7) is 2.28. The Morgan fingerprint density at radius 3 is 2.93 bits per heavy atom. The average Bonchev–Trinajstić information content (AvgIpc) is 2.19. The predicted octanol–water partition coefficient (Wildman–Crippen LogP) is 1.94. The van der Waals surface area contributed by atoms with E-state index in [-0.39, 0.29) is 11.9 Å². The monoisotopic (exact) mass is 198 g/mol. The van der Waals surface area contributed by atoms with Gasteiger partial charge in [-0.2, -0.15) is 0 Å². The number of ether oxygens (including phenoxy) is 1. The van der Waals surface area contributed by atoms with E-state index < -0.39 is 0 Å². The molecule has 0 radical (unpaired) electrons. The van der Waals surface area contributed by atoms with Crippen molar-refractivity contribution in [2.75, 3.05) is 6.61 Å². The van der Waals surface area contributed by atoms with Gasteiger partial charge in [-0.1, -0.05) is 6.42 Å². The van der Waals surface area contributed by atoms with Gasteiger partial charge in [-0.25, -0.2) is 0 Å². The third-order valence-corrected chi connectivity index (χ3v) is 2.83. The van der Waals surface area contributed by atoms with Crippen LogP contribution in [0.3, 0.4) is 0 Å². The highest BCUT2D eigenvalue weighted by Gasteiger charge is 2.27. The van der Waals surface area contributed by atoms with Gasteiger partial charge in [0.05, 0.1) is 12.5 Å². The number of esters is 1. The Morgan fingerprint density at radius 1 is 1.50 bits per heavy atom. The van der Waals surface area contributed by atoms with Gasteiger partial charge in [-0.05, 0) is 32.1 Å². The van der Waals surface area contributed by atoms with Gasteiger partial charge in [-0.15, -0.1) is 0 Å². The van der Waals surface area contributed by atoms with Gasteiger partial charge in [-0.3, -0.25) is 4.79 Å². The van der Waals surface area contributed by atoms with Crippen LogP contribution in [-0.2, 0) is 14.3 Å². The van der Waals surface area contributed by atoms with E-state index in [4.69, 9.17) is 4.74 Å². The van der Waals surface area contributed by atoms with E-state index in [1.165, 1.54) is 0 Å². The summed E-state index contributed by atoms with van der Waals surface area (Å²) in [6.07, 6.45) is 5.43. The Bertz CT molecular complexity index is 201. The van der Waals surface area contributed by atoms with Crippen molar-refractivity contribution < 1.29 is 14.3 Å². The lowest BCUT2D eigenvalue weighted by molar-refractivity contribution is -0.149. The van der Waals surface area contributed by atoms with Crippen molar-refractivity contribution in [1.82, 2.24) is 0 Å². The van der Waals surface area contributed by atoms with Crippen molar-refractivity contribution in [3.05, 3.63) is 0 Å². The number of hydrogen-bond donors (Lipinski definition) is 0. The van der Waals surface area contributed by atoms with Crippen molar-refractivity contribution in [1.29, 1.82) is 0 Å². The zero-order valence-electron chi connectivity index (χ0n) is 8.70. The van der Waals surface area contributed by atoms with E-state index in [2.05, 4.69) is 0 Å². The molecule has 2 unspecified atom stereocenters. The van der Waals surface area contributed by atoms with Gasteiger partial charge >= 0.3 is 5.97 Å². The summed E-state index contributed by atoms with van der Waals surface area (Å²) in [4.78, 5) is 21.8. The van der Waals surface area contributed by atoms with Crippen LogP contribution in [0, 0.1) is 11.8 Å². The number of aldehydes is 1. The third kappa shape index (κ3) is 3.13. The fourth-order valence-corrected chi connectivity index (χ4v) is 2.12. The minimum absolute atomic E-state index is 0.0358. The molecule has 1 aliphatic carbocycles. The van der Waals surface area contributed by atoms with Crippen LogP contribution in [0.2, 0.25) is 0 Å². The summed E-state index contributed by atoms with van der Waals surface area (Å²) < 4.78 is 4.98. The van der Waals surface area contributed by atoms with Crippen molar-refractivity contribution in [2.45, 2.75) is 39.0 Å². The largest absolute Gasteiger partial charge is 0.466 e. The highest BCUT2D eigenvalue weighted by Crippen LogP contribution is 2.31. The second kappa shape index (κ2) is 5.78. The fraction of sp³-hybridized carbons (Fsp3) is 0.818. The molecule has 0 aromatic heterocycles. The first-order valence-corrected chi connectivity index (χ1v) is 5.38. The average molecular weight is 198 g/mol. The lowest BCUT2D eigenvalue weighted by atomic mass is 9.80. The molecule has 1 rings (SSSR count). The van der Waals surface area contributed by atoms with Gasteiger partial charge in [0.1, 0.15) is 6.29 Å². The second-order valence-corrected chi connectivity index (χ2v) is 3.88. The van der Waals surface area contributed by atoms with Crippen LogP contribution in [0.1, 0.15) is 39.0 Å². The van der Waals surface area contributed by atoms with Crippen LogP contribution in [-0.4, -0.2) is 18.9 Å². The van der Waals surface area contributed by atoms with E-state index in [1.54, 1.807) is 0 Å². The maximum Gasteiger partial charge on any atom is 0.308 e. The molecule has 1 fully saturated rings. The zero-order chi connectivity index (χ0) is 10.4. The SMILES string of the molecule is CCOC(=O)C1CCCC(CC=O)C1. The van der Waals surface area contributed by atoms with Gasteiger partial charge < -0.3 is 9.53 Å². The summed E-state index contributed by atoms with van der Waals surface area (Å²) in [5.74, 6) is 0.354. The zero-order valence-corrected chi connectivity index (χ0v) is 8.70. The lowest BCUT2D eigenvalue weighted by Gasteiger charge is -2.26. The summed E-state index contributed by atoms with van der Waals surface area (Å²) in [6, 6.07) is 0. The van der Waals surface area contributed by atoms with Crippen molar-refractivity contribution in [2.24, 2.45) is 11.8 Å². The molecule has 0 aromatic carbocycles. The normalized spacial score (nSPS) is 26.9. The van der Waals surface area contributed by atoms with Crippen molar-refractivity contribution in [3.63, 3.8) is 0 Å². The molecule has 1 saturated carbocycles. The van der Waals surface area contributed by atoms with E-state index in [0.29, 0.717) is 18.9 Å². The molecule has 1 aliphatic rings. The molecular weight excluding hydrogens is 180 g/mol. The van der Waals surface area contributed by atoms with Gasteiger partial charge in [0.2, 0.25) is 0 Å². The van der Waals surface area contributed by atoms with Crippen molar-refractivity contribution in [3.8, 4) is 0 Å². The first-order chi connectivity index (χ1) is 6.77. The van der Waals surface area contributed by atoms with Gasteiger partial charge in [0, 0.05) is 6.42 Å². The molecule has 0 aromatic rings. The van der Waals surface area contributed by atoms with Crippen LogP contribution in [0.4, 0.5) is 0 Å². The number of rotatable bonds is 4.